The van der Waals surface area contributed by atoms with Gasteiger partial charge in [0.2, 0.25) is 0 Å². The minimum Gasteiger partial charge on any atom is -0.393 e. The monoisotopic (exact) mass is 328 g/mol. The Balaban J connectivity index is 1.92. The Bertz CT molecular complexity index is 588. The predicted octanol–water partition coefficient (Wildman–Crippen LogP) is 2.28. The van der Waals surface area contributed by atoms with Crippen LogP contribution in [0.1, 0.15) is 24.1 Å². The minimum atomic E-state index is -0.379. The molecule has 0 aliphatic carbocycles. The van der Waals surface area contributed by atoms with Crippen molar-refractivity contribution in [2.45, 2.75) is 31.9 Å². The third-order valence-corrected chi connectivity index (χ3v) is 3.89. The van der Waals surface area contributed by atoms with Crippen molar-refractivity contribution in [1.82, 2.24) is 15.0 Å². The van der Waals surface area contributed by atoms with E-state index in [1.54, 1.807) is 10.7 Å². The summed E-state index contributed by atoms with van der Waals surface area (Å²) in [6.07, 6.45) is 3.43. The van der Waals surface area contributed by atoms with E-state index in [4.69, 9.17) is 28.9 Å². The number of nitrogens with two attached hydrogens (primary N) is 1. The lowest BCUT2D eigenvalue weighted by atomic mass is 10.1. The maximum absolute atomic E-state index is 9.65. The topological polar surface area (TPSA) is 77.0 Å². The molecule has 0 saturated heterocycles. The van der Waals surface area contributed by atoms with Gasteiger partial charge in [0, 0.05) is 6.20 Å². The highest BCUT2D eigenvalue weighted by Gasteiger charge is 2.07. The maximum Gasteiger partial charge on any atom is 0.0828 e. The predicted molar refractivity (Wildman–Crippen MR) is 83.6 cm³/mol. The Morgan fingerprint density at radius 1 is 1.24 bits per heavy atom. The van der Waals surface area contributed by atoms with Crippen molar-refractivity contribution < 1.29 is 5.11 Å². The van der Waals surface area contributed by atoms with E-state index in [1.807, 2.05) is 18.3 Å². The molecule has 1 aromatic carbocycles. The highest BCUT2D eigenvalue weighted by molar-refractivity contribution is 6.42. The van der Waals surface area contributed by atoms with E-state index in [-0.39, 0.29) is 6.10 Å². The normalized spacial score (nSPS) is 12.6. The fraction of sp³-hybridized carbons (Fsp3) is 0.429. The molecule has 0 radical (unpaired) electrons. The largest absolute Gasteiger partial charge is 0.393 e. The molecule has 2 aromatic rings. The van der Waals surface area contributed by atoms with E-state index in [9.17, 15) is 5.11 Å². The van der Waals surface area contributed by atoms with Gasteiger partial charge in [-0.25, -0.2) is 4.68 Å². The summed E-state index contributed by atoms with van der Waals surface area (Å²) in [6.45, 7) is 1.07. The smallest absolute Gasteiger partial charge is 0.0828 e. The zero-order chi connectivity index (χ0) is 15.2. The average molecular weight is 329 g/mol. The number of aliphatic hydroxyl groups excluding tert-OH is 1. The van der Waals surface area contributed by atoms with Crippen LogP contribution in [0.5, 0.6) is 0 Å². The number of hydrogen-bond donors (Lipinski definition) is 2. The van der Waals surface area contributed by atoms with Crippen molar-refractivity contribution in [3.63, 3.8) is 0 Å². The Morgan fingerprint density at radius 2 is 2.05 bits per heavy atom. The first-order valence-electron chi connectivity index (χ1n) is 6.79. The van der Waals surface area contributed by atoms with E-state index in [0.717, 1.165) is 11.3 Å². The summed E-state index contributed by atoms with van der Waals surface area (Å²) in [5, 5.41) is 18.9. The second-order valence-corrected chi connectivity index (χ2v) is 5.74. The highest BCUT2D eigenvalue weighted by atomic mass is 35.5. The Hall–Kier alpha value is -1.14. The van der Waals surface area contributed by atoms with Crippen LogP contribution in [0.3, 0.4) is 0 Å². The first-order chi connectivity index (χ1) is 10.1. The third-order valence-electron chi connectivity index (χ3n) is 3.15. The highest BCUT2D eigenvalue weighted by Crippen LogP contribution is 2.22. The lowest BCUT2D eigenvalue weighted by Gasteiger charge is -2.06. The van der Waals surface area contributed by atoms with Crippen LogP contribution in [0.15, 0.2) is 24.4 Å². The summed E-state index contributed by atoms with van der Waals surface area (Å²) in [5.74, 6) is 0. The van der Waals surface area contributed by atoms with Crippen LogP contribution in [0, 0.1) is 0 Å². The molecule has 7 heteroatoms. The van der Waals surface area contributed by atoms with E-state index in [0.29, 0.717) is 42.4 Å². The van der Waals surface area contributed by atoms with Crippen LogP contribution in [-0.2, 0) is 13.0 Å². The number of rotatable bonds is 7. The van der Waals surface area contributed by atoms with Gasteiger partial charge in [-0.3, -0.25) is 0 Å². The Kier molecular flexibility index (Phi) is 5.99. The van der Waals surface area contributed by atoms with Crippen molar-refractivity contribution in [1.29, 1.82) is 0 Å². The summed E-state index contributed by atoms with van der Waals surface area (Å²) in [4.78, 5) is 0. The first kappa shape index (κ1) is 16.2. The molecule has 0 amide bonds. The Labute approximate surface area is 133 Å². The zero-order valence-electron chi connectivity index (χ0n) is 11.5. The first-order valence-corrected chi connectivity index (χ1v) is 7.55. The van der Waals surface area contributed by atoms with Crippen LogP contribution in [0.25, 0.3) is 0 Å². The second kappa shape index (κ2) is 7.75. The molecule has 21 heavy (non-hydrogen) atoms. The summed E-state index contributed by atoms with van der Waals surface area (Å²) >= 11 is 11.9. The van der Waals surface area contributed by atoms with Gasteiger partial charge in [0.05, 0.1) is 28.4 Å². The fourth-order valence-electron chi connectivity index (χ4n) is 2.01. The molecular formula is C14H18Cl2N4O. The summed E-state index contributed by atoms with van der Waals surface area (Å²) in [7, 11) is 0. The van der Waals surface area contributed by atoms with Gasteiger partial charge in [-0.05, 0) is 43.5 Å². The van der Waals surface area contributed by atoms with Crippen LogP contribution in [0.2, 0.25) is 10.0 Å². The number of aromatic nitrogens is 3. The van der Waals surface area contributed by atoms with Crippen LogP contribution < -0.4 is 5.73 Å². The second-order valence-electron chi connectivity index (χ2n) is 4.93. The number of aryl methyl sites for hydroxylation is 1. The molecule has 2 rings (SSSR count). The number of hydrogen-bond acceptors (Lipinski definition) is 4. The molecule has 1 unspecified atom stereocenters. The van der Waals surface area contributed by atoms with Gasteiger partial charge in [-0.2, -0.15) is 0 Å². The van der Waals surface area contributed by atoms with Gasteiger partial charge in [0.15, 0.2) is 0 Å². The third kappa shape index (κ3) is 4.97. The number of nitrogens with zero attached hydrogens (tertiary/aromatic N) is 3. The molecule has 1 aromatic heterocycles. The molecule has 0 spiro atoms. The number of halogens is 2. The zero-order valence-corrected chi connectivity index (χ0v) is 13.1. The molecule has 0 fully saturated rings. The van der Waals surface area contributed by atoms with Gasteiger partial charge < -0.3 is 10.8 Å². The average Bonchev–Trinajstić information content (AvgIpc) is 2.89. The maximum atomic E-state index is 9.65. The van der Waals surface area contributed by atoms with Gasteiger partial charge in [-0.1, -0.05) is 34.5 Å². The van der Waals surface area contributed by atoms with Gasteiger partial charge >= 0.3 is 0 Å². The van der Waals surface area contributed by atoms with E-state index >= 15 is 0 Å². The van der Waals surface area contributed by atoms with Crippen LogP contribution in [0.4, 0.5) is 0 Å². The van der Waals surface area contributed by atoms with Crippen molar-refractivity contribution in [3.8, 4) is 0 Å². The van der Waals surface area contributed by atoms with Gasteiger partial charge in [0.25, 0.3) is 0 Å². The Morgan fingerprint density at radius 3 is 2.76 bits per heavy atom. The molecule has 0 bridgehead atoms. The molecule has 0 aliphatic rings. The molecular weight excluding hydrogens is 311 g/mol. The summed E-state index contributed by atoms with van der Waals surface area (Å²) < 4.78 is 1.74. The fourth-order valence-corrected chi connectivity index (χ4v) is 2.33. The molecule has 1 heterocycles. The van der Waals surface area contributed by atoms with Crippen LogP contribution in [-0.4, -0.2) is 32.7 Å². The van der Waals surface area contributed by atoms with Crippen LogP contribution >= 0.6 is 23.2 Å². The van der Waals surface area contributed by atoms with Crippen molar-refractivity contribution in [3.05, 3.63) is 45.7 Å². The van der Waals surface area contributed by atoms with Crippen molar-refractivity contribution >= 4 is 23.2 Å². The quantitative estimate of drug-likeness (QED) is 0.817. The minimum absolute atomic E-state index is 0.379. The summed E-state index contributed by atoms with van der Waals surface area (Å²) in [6, 6.07) is 5.48. The molecule has 0 saturated carbocycles. The lowest BCUT2D eigenvalue weighted by molar-refractivity contribution is 0.157. The SMILES string of the molecule is NCCC(O)CCc1cn(Cc2ccc(Cl)c(Cl)c2)nn1. The number of aliphatic hydroxyl groups is 1. The molecule has 5 nitrogen and oxygen atoms in total. The van der Waals surface area contributed by atoms with Crippen molar-refractivity contribution in [2.24, 2.45) is 5.73 Å². The molecule has 3 N–H and O–H groups in total. The standard InChI is InChI=1S/C14H18Cl2N4O/c15-13-4-1-10(7-14(13)16)8-20-9-11(18-19-20)2-3-12(21)5-6-17/h1,4,7,9,12,21H,2-3,5-6,8,17H2. The van der Waals surface area contributed by atoms with Gasteiger partial charge in [-0.15, -0.1) is 5.10 Å². The van der Waals surface area contributed by atoms with Gasteiger partial charge in [0.1, 0.15) is 0 Å². The van der Waals surface area contributed by atoms with E-state index < -0.39 is 0 Å². The molecule has 1 atom stereocenters. The molecule has 0 aliphatic heterocycles. The lowest BCUT2D eigenvalue weighted by Crippen LogP contribution is -2.14. The molecule has 114 valence electrons. The van der Waals surface area contributed by atoms with E-state index in [2.05, 4.69) is 10.3 Å². The summed E-state index contributed by atoms with van der Waals surface area (Å²) in [5.41, 5.74) is 7.26. The van der Waals surface area contributed by atoms with Crippen molar-refractivity contribution in [2.75, 3.05) is 6.54 Å². The number of benzene rings is 1. The van der Waals surface area contributed by atoms with E-state index in [1.165, 1.54) is 0 Å².